The number of hydrogen-bond donors (Lipinski definition) is 1. The van der Waals surface area contributed by atoms with Crippen molar-refractivity contribution in [2.24, 2.45) is 0 Å². The second-order valence-electron chi connectivity index (χ2n) is 9.13. The van der Waals surface area contributed by atoms with Crippen molar-refractivity contribution in [3.63, 3.8) is 0 Å². The Kier molecular flexibility index (Phi) is 7.23. The van der Waals surface area contributed by atoms with Gasteiger partial charge in [0.2, 0.25) is 0 Å². The third kappa shape index (κ3) is 5.40. The number of likely N-dealkylation sites (N-methyl/N-ethyl adjacent to an activating group) is 1. The zero-order chi connectivity index (χ0) is 24.5. The number of nitrogens with zero attached hydrogens (tertiary/aromatic N) is 2. The van der Waals surface area contributed by atoms with E-state index < -0.39 is 15.5 Å². The zero-order valence-corrected chi connectivity index (χ0v) is 20.2. The lowest BCUT2D eigenvalue weighted by Crippen LogP contribution is -2.45. The summed E-state index contributed by atoms with van der Waals surface area (Å²) in [6.07, 6.45) is 4.14. The van der Waals surface area contributed by atoms with Crippen LogP contribution < -0.4 is 9.57 Å². The number of hydrazine groups is 1. The summed E-state index contributed by atoms with van der Waals surface area (Å²) >= 11 is 0. The average molecular weight is 498 g/mol. The summed E-state index contributed by atoms with van der Waals surface area (Å²) in [6.45, 7) is 2.00. The number of methoxy groups -OCH3 is 1. The van der Waals surface area contributed by atoms with E-state index in [0.29, 0.717) is 5.92 Å². The van der Waals surface area contributed by atoms with Gasteiger partial charge in [0.15, 0.2) is 0 Å². The first-order valence-corrected chi connectivity index (χ1v) is 12.8. The van der Waals surface area contributed by atoms with Gasteiger partial charge in [-0.25, -0.2) is 13.4 Å². The molecule has 2 aromatic carbocycles. The van der Waals surface area contributed by atoms with Crippen molar-refractivity contribution in [1.29, 1.82) is 0 Å². The first-order valence-electron chi connectivity index (χ1n) is 11.4. The third-order valence-corrected chi connectivity index (χ3v) is 7.78. The lowest BCUT2D eigenvalue weighted by Gasteiger charge is -2.30. The Balaban J connectivity index is 1.33. The maximum atomic E-state index is 12.7. The Labute approximate surface area is 198 Å². The minimum absolute atomic E-state index is 0.106. The highest BCUT2D eigenvalue weighted by atomic mass is 32.2. The molecule has 0 radical (unpaired) electrons. The summed E-state index contributed by atoms with van der Waals surface area (Å²) in [4.78, 5) is 3.95. The van der Waals surface area contributed by atoms with E-state index in [1.54, 1.807) is 11.9 Å². The van der Waals surface area contributed by atoms with Crippen LogP contribution in [0.25, 0.3) is 0 Å². The van der Waals surface area contributed by atoms with Crippen LogP contribution in [0.4, 0.5) is 13.2 Å². The maximum absolute atomic E-state index is 12.7. The summed E-state index contributed by atoms with van der Waals surface area (Å²) in [7, 11) is -1.59. The number of hydrogen-bond acceptors (Lipinski definition) is 5. The molecule has 2 aliphatic rings. The molecule has 6 nitrogen and oxygen atoms in total. The van der Waals surface area contributed by atoms with Gasteiger partial charge in [0.05, 0.1) is 7.11 Å². The Morgan fingerprint density at radius 3 is 2.68 bits per heavy atom. The molecule has 0 amide bonds. The van der Waals surface area contributed by atoms with Crippen LogP contribution in [0.2, 0.25) is 0 Å². The number of halogens is 3. The summed E-state index contributed by atoms with van der Waals surface area (Å²) in [5.41, 5.74) is 0.113. The molecule has 0 aromatic heterocycles. The van der Waals surface area contributed by atoms with Crippen LogP contribution in [-0.4, -0.2) is 51.1 Å². The fraction of sp³-hybridized carbons (Fsp3) is 0.500. The number of ether oxygens (including phenoxy) is 1. The van der Waals surface area contributed by atoms with Gasteiger partial charge >= 0.3 is 15.5 Å². The predicted molar refractivity (Wildman–Crippen MR) is 124 cm³/mol. The Bertz CT molecular complexity index is 1140. The van der Waals surface area contributed by atoms with Crippen molar-refractivity contribution < 1.29 is 26.3 Å². The van der Waals surface area contributed by atoms with Gasteiger partial charge in [0.1, 0.15) is 5.75 Å². The van der Waals surface area contributed by atoms with Crippen LogP contribution in [-0.2, 0) is 36.0 Å². The molecule has 1 aliphatic heterocycles. The van der Waals surface area contributed by atoms with E-state index in [1.165, 1.54) is 11.1 Å². The van der Waals surface area contributed by atoms with Gasteiger partial charge in [-0.3, -0.25) is 0 Å². The topological polar surface area (TPSA) is 61.9 Å². The van der Waals surface area contributed by atoms with E-state index in [4.69, 9.17) is 4.74 Å². The largest absolute Gasteiger partial charge is 0.512 e. The third-order valence-electron chi connectivity index (χ3n) is 6.67. The number of alkyl halides is 3. The molecule has 1 atom stereocenters. The smallest absolute Gasteiger partial charge is 0.496 e. The van der Waals surface area contributed by atoms with Crippen LogP contribution >= 0.6 is 0 Å². The lowest BCUT2D eigenvalue weighted by molar-refractivity contribution is -0.0472. The number of rotatable bonds is 8. The monoisotopic (exact) mass is 497 g/mol. The fourth-order valence-electron chi connectivity index (χ4n) is 4.97. The van der Waals surface area contributed by atoms with Gasteiger partial charge in [0, 0.05) is 26.2 Å². The minimum atomic E-state index is -5.41. The highest BCUT2D eigenvalue weighted by Crippen LogP contribution is 2.37. The molecule has 0 fully saturated rings. The van der Waals surface area contributed by atoms with Gasteiger partial charge in [0.25, 0.3) is 0 Å². The minimum Gasteiger partial charge on any atom is -0.496 e. The van der Waals surface area contributed by atoms with Crippen LogP contribution in [0.5, 0.6) is 5.75 Å². The molecule has 0 spiro atoms. The highest BCUT2D eigenvalue weighted by molar-refractivity contribution is 7.90. The molecular weight excluding hydrogens is 467 g/mol. The quantitative estimate of drug-likeness (QED) is 0.598. The molecule has 186 valence electrons. The second kappa shape index (κ2) is 9.85. The molecule has 1 aliphatic carbocycles. The Hall–Kier alpha value is -2.14. The van der Waals surface area contributed by atoms with E-state index in [-0.39, 0.29) is 13.1 Å². The van der Waals surface area contributed by atoms with Crippen LogP contribution in [0, 0.1) is 0 Å². The van der Waals surface area contributed by atoms with Gasteiger partial charge in [-0.05, 0) is 72.5 Å². The summed E-state index contributed by atoms with van der Waals surface area (Å²) in [5, 5.41) is 1.08. The highest BCUT2D eigenvalue weighted by Gasteiger charge is 2.47. The number of nitrogens with one attached hydrogen (secondary N) is 1. The molecule has 0 saturated heterocycles. The first kappa shape index (κ1) is 25.0. The number of fused-ring (bicyclic) bond motifs is 2. The van der Waals surface area contributed by atoms with Crippen molar-refractivity contribution in [1.82, 2.24) is 14.7 Å². The number of sulfonamides is 1. The Morgan fingerprint density at radius 2 is 1.94 bits per heavy atom. The van der Waals surface area contributed by atoms with Crippen LogP contribution in [0.3, 0.4) is 0 Å². The molecule has 1 heterocycles. The lowest BCUT2D eigenvalue weighted by atomic mass is 9.82. The van der Waals surface area contributed by atoms with Gasteiger partial charge in [-0.15, -0.1) is 4.83 Å². The molecule has 1 N–H and O–H groups in total. The van der Waals surface area contributed by atoms with E-state index in [9.17, 15) is 21.6 Å². The van der Waals surface area contributed by atoms with Gasteiger partial charge in [-0.1, -0.05) is 30.3 Å². The zero-order valence-electron chi connectivity index (χ0n) is 19.4. The summed E-state index contributed by atoms with van der Waals surface area (Å²) < 4.78 is 66.3. The molecule has 34 heavy (non-hydrogen) atoms. The van der Waals surface area contributed by atoms with E-state index in [1.807, 2.05) is 24.3 Å². The first-order chi connectivity index (χ1) is 16.1. The van der Waals surface area contributed by atoms with Crippen molar-refractivity contribution >= 4 is 10.0 Å². The number of benzene rings is 2. The molecule has 2 aromatic rings. The standard InChI is InChI=1S/C24H30F3N3O3S/c1-29(14-19-5-3-7-22-21(19)6-4-8-23(22)33-2)12-11-17-9-10-18-15-30(16-20(18)13-17)28-34(31,32)24(25,26)27/h4,6,8-10,13,19,28H,3,5,7,11-12,14-16H2,1-2H3. The molecule has 1 unspecified atom stereocenters. The van der Waals surface area contributed by atoms with Crippen molar-refractivity contribution in [3.8, 4) is 5.75 Å². The van der Waals surface area contributed by atoms with Crippen molar-refractivity contribution in [2.75, 3.05) is 27.2 Å². The predicted octanol–water partition coefficient (Wildman–Crippen LogP) is 3.96. The van der Waals surface area contributed by atoms with Crippen LogP contribution in [0.1, 0.15) is 46.6 Å². The van der Waals surface area contributed by atoms with Crippen molar-refractivity contribution in [3.05, 3.63) is 64.2 Å². The summed E-state index contributed by atoms with van der Waals surface area (Å²) in [6, 6.07) is 12.1. The van der Waals surface area contributed by atoms with Gasteiger partial charge in [-0.2, -0.15) is 13.2 Å². The van der Waals surface area contributed by atoms with E-state index in [0.717, 1.165) is 66.2 Å². The molecular formula is C24H30F3N3O3S. The molecule has 0 saturated carbocycles. The molecule has 10 heteroatoms. The molecule has 4 rings (SSSR count). The maximum Gasteiger partial charge on any atom is 0.512 e. The van der Waals surface area contributed by atoms with E-state index >= 15 is 0 Å². The van der Waals surface area contributed by atoms with Crippen LogP contribution in [0.15, 0.2) is 36.4 Å². The normalized spacial score (nSPS) is 18.7. The fourth-order valence-corrected chi connectivity index (χ4v) is 5.54. The average Bonchev–Trinajstić information content (AvgIpc) is 3.17. The van der Waals surface area contributed by atoms with Gasteiger partial charge < -0.3 is 9.64 Å². The second-order valence-corrected chi connectivity index (χ2v) is 10.8. The Morgan fingerprint density at radius 1 is 1.18 bits per heavy atom. The molecule has 0 bridgehead atoms. The van der Waals surface area contributed by atoms with Crippen molar-refractivity contribution in [2.45, 2.75) is 50.2 Å². The SMILES string of the molecule is COc1cccc2c1CCCC2CN(C)CCc1ccc2c(c1)CN(NS(=O)(=O)C(F)(F)F)C2. The summed E-state index contributed by atoms with van der Waals surface area (Å²) in [5.74, 6) is 1.42. The van der Waals surface area contributed by atoms with E-state index in [2.05, 4.69) is 24.1 Å².